The van der Waals surface area contributed by atoms with Gasteiger partial charge in [-0.05, 0) is 30.3 Å². The quantitative estimate of drug-likeness (QED) is 0.207. The molecule has 3 rings (SSSR count). The van der Waals surface area contributed by atoms with Crippen LogP contribution in [0.3, 0.4) is 0 Å². The van der Waals surface area contributed by atoms with E-state index in [4.69, 9.17) is 9.47 Å². The van der Waals surface area contributed by atoms with E-state index < -0.39 is 70.8 Å². The van der Waals surface area contributed by atoms with Gasteiger partial charge >= 0.3 is 18.8 Å². The third kappa shape index (κ3) is 6.92. The summed E-state index contributed by atoms with van der Waals surface area (Å²) in [6, 6.07) is 9.19. The standard InChI is InChI=1S/C23H14F12N2O2/c24-19(25)20(26,21(27,28)29)12-6-5-11-17(38-15-9-3-1-7-13(15)36-22(30,31)32)18(12)39-16-10-4-2-8-14(16)37-23(33,34)35/h1-11,19,36-37H. The van der Waals surface area contributed by atoms with Gasteiger partial charge < -0.3 is 9.47 Å². The van der Waals surface area contributed by atoms with Crippen molar-refractivity contribution in [3.05, 3.63) is 72.3 Å². The third-order valence-electron chi connectivity index (χ3n) is 4.84. The van der Waals surface area contributed by atoms with Crippen molar-refractivity contribution < 1.29 is 62.2 Å². The molecule has 0 saturated heterocycles. The average Bonchev–Trinajstić information content (AvgIpc) is 2.79. The van der Waals surface area contributed by atoms with E-state index in [0.29, 0.717) is 6.07 Å². The topological polar surface area (TPSA) is 42.5 Å². The van der Waals surface area contributed by atoms with E-state index in [0.717, 1.165) is 65.2 Å². The van der Waals surface area contributed by atoms with E-state index in [1.165, 1.54) is 0 Å². The Balaban J connectivity index is 2.24. The van der Waals surface area contributed by atoms with Crippen LogP contribution in [0.4, 0.5) is 64.1 Å². The maximum Gasteiger partial charge on any atom is 0.482 e. The smallest absolute Gasteiger partial charge is 0.451 e. The lowest BCUT2D eigenvalue weighted by Gasteiger charge is -2.30. The number of rotatable bonds is 8. The number of hydrogen-bond acceptors (Lipinski definition) is 4. The monoisotopic (exact) mass is 578 g/mol. The number of para-hydroxylation sites is 5. The number of benzene rings is 3. The molecule has 16 heteroatoms. The first-order chi connectivity index (χ1) is 17.9. The molecule has 2 N–H and O–H groups in total. The van der Waals surface area contributed by atoms with Crippen LogP contribution in [0.25, 0.3) is 0 Å². The lowest BCUT2D eigenvalue weighted by Crippen LogP contribution is -2.44. The number of alkyl halides is 12. The second kappa shape index (κ2) is 10.6. The Kier molecular flexibility index (Phi) is 8.07. The molecule has 0 bridgehead atoms. The molecule has 0 amide bonds. The first-order valence-corrected chi connectivity index (χ1v) is 10.3. The molecule has 0 fully saturated rings. The molecular formula is C23H14F12N2O2. The van der Waals surface area contributed by atoms with Gasteiger partial charge in [0.05, 0.1) is 16.9 Å². The zero-order valence-electron chi connectivity index (χ0n) is 18.8. The van der Waals surface area contributed by atoms with Gasteiger partial charge in [-0.3, -0.25) is 10.6 Å². The number of anilines is 2. The van der Waals surface area contributed by atoms with Gasteiger partial charge in [0.15, 0.2) is 23.0 Å². The Morgan fingerprint density at radius 2 is 0.974 bits per heavy atom. The van der Waals surface area contributed by atoms with Crippen molar-refractivity contribution in [2.24, 2.45) is 0 Å². The molecule has 0 aromatic heterocycles. The molecule has 0 aliphatic rings. The second-order valence-electron chi connectivity index (χ2n) is 7.59. The van der Waals surface area contributed by atoms with Crippen molar-refractivity contribution in [1.82, 2.24) is 0 Å². The number of nitrogens with one attached hydrogen (secondary N) is 2. The summed E-state index contributed by atoms with van der Waals surface area (Å²) in [5, 5.41) is 2.11. The number of ether oxygens (including phenoxy) is 2. The van der Waals surface area contributed by atoms with Crippen LogP contribution in [-0.2, 0) is 5.67 Å². The van der Waals surface area contributed by atoms with E-state index in [9.17, 15) is 48.3 Å². The maximum absolute atomic E-state index is 15.1. The summed E-state index contributed by atoms with van der Waals surface area (Å²) in [5.74, 6) is -4.15. The van der Waals surface area contributed by atoms with Crippen LogP contribution in [-0.4, -0.2) is 25.2 Å². The van der Waals surface area contributed by atoms with Crippen LogP contribution < -0.4 is 20.1 Å². The van der Waals surface area contributed by atoms with Crippen molar-refractivity contribution in [3.63, 3.8) is 0 Å². The molecule has 4 nitrogen and oxygen atoms in total. The lowest BCUT2D eigenvalue weighted by molar-refractivity contribution is -0.274. The molecule has 3 aromatic rings. The molecule has 1 atom stereocenters. The van der Waals surface area contributed by atoms with Crippen molar-refractivity contribution in [1.29, 1.82) is 0 Å². The molecule has 0 aliphatic heterocycles. The number of hydrogen-bond donors (Lipinski definition) is 2. The molecule has 0 heterocycles. The predicted octanol–water partition coefficient (Wildman–Crippen LogP) is 9.13. The fourth-order valence-electron chi connectivity index (χ4n) is 3.23. The Morgan fingerprint density at radius 3 is 1.41 bits per heavy atom. The molecule has 39 heavy (non-hydrogen) atoms. The minimum atomic E-state index is -6.28. The fourth-order valence-corrected chi connectivity index (χ4v) is 3.23. The van der Waals surface area contributed by atoms with E-state index >= 15 is 4.39 Å². The zero-order chi connectivity index (χ0) is 29.2. The van der Waals surface area contributed by atoms with Crippen LogP contribution in [0.15, 0.2) is 66.7 Å². The van der Waals surface area contributed by atoms with Crippen molar-refractivity contribution in [3.8, 4) is 23.0 Å². The lowest BCUT2D eigenvalue weighted by atomic mass is 9.94. The third-order valence-corrected chi connectivity index (χ3v) is 4.84. The number of halogens is 12. The predicted molar refractivity (Wildman–Crippen MR) is 114 cm³/mol. The average molecular weight is 578 g/mol. The molecule has 3 aromatic carbocycles. The normalized spacial score (nSPS) is 14.1. The van der Waals surface area contributed by atoms with Crippen LogP contribution in [0.2, 0.25) is 0 Å². The Hall–Kier alpha value is -3.98. The molecule has 0 aliphatic carbocycles. The summed E-state index contributed by atoms with van der Waals surface area (Å²) < 4.78 is 171. The highest BCUT2D eigenvalue weighted by molar-refractivity contribution is 5.63. The summed E-state index contributed by atoms with van der Waals surface area (Å²) in [5.41, 5.74) is -9.06. The van der Waals surface area contributed by atoms with Gasteiger partial charge in [-0.25, -0.2) is 13.2 Å². The highest BCUT2D eigenvalue weighted by Crippen LogP contribution is 2.53. The Morgan fingerprint density at radius 1 is 0.538 bits per heavy atom. The molecule has 1 unspecified atom stereocenters. The highest BCUT2D eigenvalue weighted by Gasteiger charge is 2.65. The zero-order valence-corrected chi connectivity index (χ0v) is 18.8. The first-order valence-electron chi connectivity index (χ1n) is 10.3. The summed E-state index contributed by atoms with van der Waals surface area (Å²) >= 11 is 0. The van der Waals surface area contributed by atoms with Gasteiger partial charge in [-0.1, -0.05) is 36.4 Å². The second-order valence-corrected chi connectivity index (χ2v) is 7.59. The van der Waals surface area contributed by atoms with Gasteiger partial charge in [0, 0.05) is 0 Å². The molecular weight excluding hydrogens is 564 g/mol. The Bertz CT molecular complexity index is 1290. The van der Waals surface area contributed by atoms with E-state index in [-0.39, 0.29) is 6.07 Å². The maximum atomic E-state index is 15.1. The van der Waals surface area contributed by atoms with Crippen LogP contribution in [0.5, 0.6) is 23.0 Å². The fraction of sp³-hybridized carbons (Fsp3) is 0.217. The van der Waals surface area contributed by atoms with Crippen LogP contribution >= 0.6 is 0 Å². The van der Waals surface area contributed by atoms with E-state index in [2.05, 4.69) is 0 Å². The van der Waals surface area contributed by atoms with Crippen LogP contribution in [0, 0.1) is 0 Å². The SMILES string of the molecule is FC(F)C(F)(c1cccc(Oc2ccccc2NC(F)(F)F)c1Oc1ccccc1NC(F)(F)F)C(F)(F)F. The summed E-state index contributed by atoms with van der Waals surface area (Å²) in [4.78, 5) is 0. The largest absolute Gasteiger partial charge is 0.482 e. The van der Waals surface area contributed by atoms with Crippen LogP contribution in [0.1, 0.15) is 5.56 Å². The van der Waals surface area contributed by atoms with Gasteiger partial charge in [0.1, 0.15) is 0 Å². The highest BCUT2D eigenvalue weighted by atomic mass is 19.4. The van der Waals surface area contributed by atoms with Crippen molar-refractivity contribution >= 4 is 11.4 Å². The summed E-state index contributed by atoms with van der Waals surface area (Å²) in [7, 11) is 0. The summed E-state index contributed by atoms with van der Waals surface area (Å²) in [6.45, 7) is 0. The first kappa shape index (κ1) is 29.6. The van der Waals surface area contributed by atoms with E-state index in [1.54, 1.807) is 0 Å². The van der Waals surface area contributed by atoms with Gasteiger partial charge in [-0.2, -0.15) is 39.5 Å². The molecule has 212 valence electrons. The molecule has 0 saturated carbocycles. The molecule has 0 spiro atoms. The minimum Gasteiger partial charge on any atom is -0.451 e. The minimum absolute atomic E-state index is 0.224. The van der Waals surface area contributed by atoms with Crippen molar-refractivity contribution in [2.45, 2.75) is 30.9 Å². The van der Waals surface area contributed by atoms with Gasteiger partial charge in [0.25, 0.3) is 12.1 Å². The Labute approximate surface area is 211 Å². The van der Waals surface area contributed by atoms with E-state index in [1.807, 2.05) is 0 Å². The van der Waals surface area contributed by atoms with Crippen molar-refractivity contribution in [2.75, 3.05) is 10.6 Å². The van der Waals surface area contributed by atoms with Gasteiger partial charge in [0.2, 0.25) is 0 Å². The van der Waals surface area contributed by atoms with Gasteiger partial charge in [-0.15, -0.1) is 0 Å². The molecule has 0 radical (unpaired) electrons. The summed E-state index contributed by atoms with van der Waals surface area (Å²) in [6.07, 6.45) is -21.2.